The van der Waals surface area contributed by atoms with Crippen LogP contribution in [0.2, 0.25) is 0 Å². The Hall–Kier alpha value is -2.28. The fourth-order valence-electron chi connectivity index (χ4n) is 3.53. The molecule has 0 saturated carbocycles. The van der Waals surface area contributed by atoms with Crippen LogP contribution in [0.4, 0.5) is 13.2 Å². The molecule has 0 aromatic heterocycles. The highest BCUT2D eigenvalue weighted by Crippen LogP contribution is 2.44. The van der Waals surface area contributed by atoms with Crippen LogP contribution in [0, 0.1) is 5.92 Å². The Bertz CT molecular complexity index is 878. The molecular weight excluding hydrogens is 369 g/mol. The van der Waals surface area contributed by atoms with Gasteiger partial charge in [0.05, 0.1) is 6.61 Å². The van der Waals surface area contributed by atoms with Crippen LogP contribution in [-0.2, 0) is 4.79 Å². The predicted octanol–water partition coefficient (Wildman–Crippen LogP) is 4.99. The van der Waals surface area contributed by atoms with Gasteiger partial charge in [0, 0.05) is 17.3 Å². The number of nitrogens with zero attached hydrogens (tertiary/aromatic N) is 1. The molecule has 1 saturated heterocycles. The van der Waals surface area contributed by atoms with Gasteiger partial charge >= 0.3 is 6.18 Å². The Balaban J connectivity index is 2.14. The number of hydrogen-bond acceptors (Lipinski definition) is 3. The van der Waals surface area contributed by atoms with E-state index < -0.39 is 23.7 Å². The number of amides is 1. The number of ether oxygens (including phenoxy) is 1. The SMILES string of the molecule is CC(C)COc1cc(C(N2NC(=O)CC2(C)C)C(F)(F)F)cc2ccccc12. The first-order valence-electron chi connectivity index (χ1n) is 9.30. The van der Waals surface area contributed by atoms with Gasteiger partial charge in [-0.3, -0.25) is 10.2 Å². The lowest BCUT2D eigenvalue weighted by atomic mass is 9.95. The highest BCUT2D eigenvalue weighted by Gasteiger charge is 2.53. The highest BCUT2D eigenvalue weighted by molar-refractivity contribution is 5.89. The zero-order valence-corrected chi connectivity index (χ0v) is 16.4. The summed E-state index contributed by atoms with van der Waals surface area (Å²) in [6.45, 7) is 7.61. The van der Waals surface area contributed by atoms with Crippen molar-refractivity contribution in [2.24, 2.45) is 5.92 Å². The Morgan fingerprint density at radius 2 is 1.89 bits per heavy atom. The summed E-state index contributed by atoms with van der Waals surface area (Å²) >= 11 is 0. The fourth-order valence-corrected chi connectivity index (χ4v) is 3.53. The molecule has 3 rings (SSSR count). The molecule has 152 valence electrons. The molecule has 1 aliphatic heterocycles. The molecule has 1 atom stereocenters. The van der Waals surface area contributed by atoms with Gasteiger partial charge in [-0.15, -0.1) is 0 Å². The maximum absolute atomic E-state index is 14.1. The van der Waals surface area contributed by atoms with Crippen LogP contribution in [0.15, 0.2) is 36.4 Å². The molecule has 0 bridgehead atoms. The number of halogens is 3. The van der Waals surface area contributed by atoms with Crippen molar-refractivity contribution in [2.75, 3.05) is 6.61 Å². The van der Waals surface area contributed by atoms with E-state index in [4.69, 9.17) is 4.74 Å². The quantitative estimate of drug-likeness (QED) is 0.777. The van der Waals surface area contributed by atoms with Gasteiger partial charge in [-0.05, 0) is 42.8 Å². The minimum atomic E-state index is -4.58. The van der Waals surface area contributed by atoms with Crippen molar-refractivity contribution in [1.29, 1.82) is 0 Å². The molecule has 4 nitrogen and oxygen atoms in total. The van der Waals surface area contributed by atoms with Gasteiger partial charge in [-0.25, -0.2) is 0 Å². The Morgan fingerprint density at radius 1 is 1.21 bits per heavy atom. The molecule has 2 aromatic rings. The molecule has 0 radical (unpaired) electrons. The number of hydrazine groups is 1. The molecule has 28 heavy (non-hydrogen) atoms. The number of benzene rings is 2. The van der Waals surface area contributed by atoms with E-state index in [1.807, 2.05) is 26.0 Å². The molecule has 1 heterocycles. The number of hydrogen-bond donors (Lipinski definition) is 1. The van der Waals surface area contributed by atoms with Crippen LogP contribution in [0.5, 0.6) is 5.75 Å². The summed E-state index contributed by atoms with van der Waals surface area (Å²) in [4.78, 5) is 11.8. The topological polar surface area (TPSA) is 41.6 Å². The third-order valence-electron chi connectivity index (χ3n) is 4.79. The lowest BCUT2D eigenvalue weighted by Gasteiger charge is -2.38. The van der Waals surface area contributed by atoms with E-state index in [1.165, 1.54) is 12.1 Å². The number of nitrogens with one attached hydrogen (secondary N) is 1. The summed E-state index contributed by atoms with van der Waals surface area (Å²) in [5.41, 5.74) is 1.47. The van der Waals surface area contributed by atoms with Crippen molar-refractivity contribution in [3.05, 3.63) is 42.0 Å². The van der Waals surface area contributed by atoms with E-state index in [2.05, 4.69) is 5.43 Å². The van der Waals surface area contributed by atoms with E-state index in [9.17, 15) is 18.0 Å². The molecule has 1 unspecified atom stereocenters. The molecule has 1 N–H and O–H groups in total. The Labute approximate surface area is 162 Å². The van der Waals surface area contributed by atoms with Crippen LogP contribution in [0.25, 0.3) is 10.8 Å². The second-order valence-electron chi connectivity index (χ2n) is 8.28. The first kappa shape index (κ1) is 20.5. The van der Waals surface area contributed by atoms with Crippen molar-refractivity contribution >= 4 is 16.7 Å². The van der Waals surface area contributed by atoms with E-state index in [1.54, 1.807) is 26.0 Å². The van der Waals surface area contributed by atoms with Gasteiger partial charge in [-0.1, -0.05) is 38.1 Å². The van der Waals surface area contributed by atoms with E-state index in [0.29, 0.717) is 17.7 Å². The molecule has 7 heteroatoms. The zero-order valence-electron chi connectivity index (χ0n) is 16.4. The van der Waals surface area contributed by atoms with Crippen molar-refractivity contribution in [3.63, 3.8) is 0 Å². The number of carbonyl (C=O) groups is 1. The standard InChI is InChI=1S/C21H25F3N2O2/c1-13(2)12-28-17-10-15(9-14-7-5-6-8-16(14)17)19(21(22,23)24)26-20(3,4)11-18(27)25-26/h5-10,13,19H,11-12H2,1-4H3,(H,25,27). The summed E-state index contributed by atoms with van der Waals surface area (Å²) in [6, 6.07) is 8.21. The van der Waals surface area contributed by atoms with E-state index in [0.717, 1.165) is 10.4 Å². The number of carbonyl (C=O) groups excluding carboxylic acids is 1. The van der Waals surface area contributed by atoms with E-state index >= 15 is 0 Å². The summed E-state index contributed by atoms with van der Waals surface area (Å²) in [5, 5.41) is 2.44. The van der Waals surface area contributed by atoms with Crippen LogP contribution < -0.4 is 10.2 Å². The van der Waals surface area contributed by atoms with Crippen LogP contribution in [0.1, 0.15) is 45.7 Å². The summed E-state index contributed by atoms with van der Waals surface area (Å²) < 4.78 is 48.3. The molecule has 1 aliphatic rings. The lowest BCUT2D eigenvalue weighted by molar-refractivity contribution is -0.203. The van der Waals surface area contributed by atoms with Crippen LogP contribution >= 0.6 is 0 Å². The van der Waals surface area contributed by atoms with Gasteiger partial charge < -0.3 is 4.74 Å². The monoisotopic (exact) mass is 394 g/mol. The third kappa shape index (κ3) is 4.09. The normalized spacial score (nSPS) is 18.5. The lowest BCUT2D eigenvalue weighted by Crippen LogP contribution is -2.51. The second kappa shape index (κ2) is 7.28. The van der Waals surface area contributed by atoms with Crippen LogP contribution in [-0.4, -0.2) is 29.2 Å². The molecule has 1 fully saturated rings. The average molecular weight is 394 g/mol. The summed E-state index contributed by atoms with van der Waals surface area (Å²) in [5.74, 6) is 0.230. The number of rotatable bonds is 5. The average Bonchev–Trinajstić information content (AvgIpc) is 2.83. The fraction of sp³-hybridized carbons (Fsp3) is 0.476. The summed E-state index contributed by atoms with van der Waals surface area (Å²) in [7, 11) is 0. The largest absolute Gasteiger partial charge is 0.493 e. The Morgan fingerprint density at radius 3 is 2.46 bits per heavy atom. The van der Waals surface area contributed by atoms with Crippen molar-refractivity contribution < 1.29 is 22.7 Å². The predicted molar refractivity (Wildman–Crippen MR) is 102 cm³/mol. The van der Waals surface area contributed by atoms with Gasteiger partial charge in [0.15, 0.2) is 6.04 Å². The maximum atomic E-state index is 14.1. The van der Waals surface area contributed by atoms with Gasteiger partial charge in [0.2, 0.25) is 5.91 Å². The smallest absolute Gasteiger partial charge is 0.409 e. The van der Waals surface area contributed by atoms with Crippen molar-refractivity contribution in [2.45, 2.75) is 51.9 Å². The first-order valence-corrected chi connectivity index (χ1v) is 9.30. The second-order valence-corrected chi connectivity index (χ2v) is 8.28. The molecular formula is C21H25F3N2O2. The Kier molecular flexibility index (Phi) is 5.32. The highest BCUT2D eigenvalue weighted by atomic mass is 19.4. The van der Waals surface area contributed by atoms with Gasteiger partial charge in [0.1, 0.15) is 5.75 Å². The third-order valence-corrected chi connectivity index (χ3v) is 4.79. The van der Waals surface area contributed by atoms with Crippen LogP contribution in [0.3, 0.4) is 0 Å². The number of fused-ring (bicyclic) bond motifs is 1. The summed E-state index contributed by atoms with van der Waals surface area (Å²) in [6.07, 6.45) is -4.57. The van der Waals surface area contributed by atoms with Gasteiger partial charge in [0.25, 0.3) is 0 Å². The van der Waals surface area contributed by atoms with Crippen molar-refractivity contribution in [3.8, 4) is 5.75 Å². The minimum Gasteiger partial charge on any atom is -0.493 e. The molecule has 0 aliphatic carbocycles. The van der Waals surface area contributed by atoms with Crippen molar-refractivity contribution in [1.82, 2.24) is 10.4 Å². The first-order chi connectivity index (χ1) is 13.0. The maximum Gasteiger partial charge on any atom is 0.409 e. The van der Waals surface area contributed by atoms with E-state index in [-0.39, 0.29) is 17.9 Å². The van der Waals surface area contributed by atoms with Gasteiger partial charge in [-0.2, -0.15) is 18.2 Å². The molecule has 1 amide bonds. The molecule has 2 aromatic carbocycles. The minimum absolute atomic E-state index is 0.00384. The number of alkyl halides is 3. The zero-order chi connectivity index (χ0) is 20.7. The molecule has 0 spiro atoms.